The molecule has 0 rings (SSSR count). The summed E-state index contributed by atoms with van der Waals surface area (Å²) < 4.78 is 9.86. The van der Waals surface area contributed by atoms with Gasteiger partial charge in [0.15, 0.2) is 0 Å². The summed E-state index contributed by atoms with van der Waals surface area (Å²) in [4.78, 5) is 11.0. The lowest BCUT2D eigenvalue weighted by molar-refractivity contribution is -0.132. The highest BCUT2D eigenvalue weighted by atomic mass is 16.7. The summed E-state index contributed by atoms with van der Waals surface area (Å²) >= 11 is 0. The molecule has 4 nitrogen and oxygen atoms in total. The fourth-order valence-corrected chi connectivity index (χ4v) is 1.60. The minimum Gasteiger partial charge on any atom is -0.477 e. The van der Waals surface area contributed by atoms with Gasteiger partial charge < -0.3 is 14.6 Å². The third-order valence-electron chi connectivity index (χ3n) is 2.65. The Kier molecular flexibility index (Phi) is 12.6. The van der Waals surface area contributed by atoms with Gasteiger partial charge in [-0.25, -0.2) is 4.79 Å². The van der Waals surface area contributed by atoms with Crippen LogP contribution in [0.4, 0.5) is 0 Å². The van der Waals surface area contributed by atoms with E-state index in [1.165, 1.54) is 19.3 Å². The van der Waals surface area contributed by atoms with E-state index in [0.717, 1.165) is 12.8 Å². The molecule has 0 amide bonds. The van der Waals surface area contributed by atoms with E-state index in [4.69, 9.17) is 14.6 Å². The lowest BCUT2D eigenvalue weighted by Gasteiger charge is -2.02. The summed E-state index contributed by atoms with van der Waals surface area (Å²) in [6.07, 6.45) is 8.63. The van der Waals surface area contributed by atoms with Crippen molar-refractivity contribution < 1.29 is 19.4 Å². The molecule has 0 heterocycles. The molecule has 4 heteroatoms. The zero-order valence-electron chi connectivity index (χ0n) is 12.1. The maximum Gasteiger partial charge on any atom is 0.339 e. The number of carboxylic acids is 1. The Labute approximate surface area is 116 Å². The van der Waals surface area contributed by atoms with Crippen LogP contribution in [0.5, 0.6) is 0 Å². The summed E-state index contributed by atoms with van der Waals surface area (Å²) in [6, 6.07) is 0. The van der Waals surface area contributed by atoms with Crippen LogP contribution in [-0.2, 0) is 14.3 Å². The van der Waals surface area contributed by atoms with Gasteiger partial charge in [-0.15, -0.1) is 5.73 Å². The topological polar surface area (TPSA) is 55.8 Å². The summed E-state index contributed by atoms with van der Waals surface area (Å²) in [6.45, 7) is 2.92. The molecule has 19 heavy (non-hydrogen) atoms. The quantitative estimate of drug-likeness (QED) is 0.255. The monoisotopic (exact) mass is 270 g/mol. The lowest BCUT2D eigenvalue weighted by Crippen LogP contribution is -2.03. The Morgan fingerprint density at radius 2 is 2.05 bits per heavy atom. The van der Waals surface area contributed by atoms with Crippen LogP contribution in [0, 0.1) is 0 Å². The predicted molar refractivity (Wildman–Crippen MR) is 75.1 cm³/mol. The molecule has 0 fully saturated rings. The number of aliphatic carboxylic acids is 1. The molecule has 0 aromatic rings. The third kappa shape index (κ3) is 11.7. The molecule has 0 spiro atoms. The third-order valence-corrected chi connectivity index (χ3v) is 2.65. The van der Waals surface area contributed by atoms with Crippen LogP contribution in [0.3, 0.4) is 0 Å². The molecule has 0 atom stereocenters. The molecule has 0 bridgehead atoms. The van der Waals surface area contributed by atoms with Gasteiger partial charge in [-0.05, 0) is 31.8 Å². The molecule has 0 aromatic carbocycles. The van der Waals surface area contributed by atoms with E-state index in [0.29, 0.717) is 25.0 Å². The second-order valence-electron chi connectivity index (χ2n) is 4.40. The zero-order valence-corrected chi connectivity index (χ0v) is 12.1. The summed E-state index contributed by atoms with van der Waals surface area (Å²) in [5.41, 5.74) is 3.22. The number of methoxy groups -OCH3 is 1. The fraction of sp³-hybridized carbons (Fsp3) is 0.733. The van der Waals surface area contributed by atoms with Gasteiger partial charge in [0.1, 0.15) is 6.79 Å². The number of carboxylic acid groups (broad SMARTS) is 1. The number of unbranched alkanes of at least 4 members (excludes halogenated alkanes) is 4. The minimum atomic E-state index is -0.892. The van der Waals surface area contributed by atoms with Gasteiger partial charge in [0.2, 0.25) is 0 Å². The molecular weight excluding hydrogens is 244 g/mol. The highest BCUT2D eigenvalue weighted by Crippen LogP contribution is 2.06. The maximum atomic E-state index is 11.0. The van der Waals surface area contributed by atoms with Gasteiger partial charge in [0.05, 0.1) is 5.57 Å². The van der Waals surface area contributed by atoms with Gasteiger partial charge in [-0.1, -0.05) is 26.2 Å². The van der Waals surface area contributed by atoms with Crippen LogP contribution >= 0.6 is 0 Å². The van der Waals surface area contributed by atoms with Crippen LogP contribution in [0.1, 0.15) is 51.9 Å². The summed E-state index contributed by atoms with van der Waals surface area (Å²) in [5.74, 6) is -0.892. The molecular formula is C15H26O4. The molecule has 0 unspecified atom stereocenters. The van der Waals surface area contributed by atoms with E-state index in [-0.39, 0.29) is 6.79 Å². The average Bonchev–Trinajstić information content (AvgIpc) is 2.39. The molecule has 0 aliphatic heterocycles. The zero-order chi connectivity index (χ0) is 14.3. The van der Waals surface area contributed by atoms with Gasteiger partial charge in [-0.3, -0.25) is 0 Å². The number of hydrogen-bond acceptors (Lipinski definition) is 3. The van der Waals surface area contributed by atoms with Crippen molar-refractivity contribution in [2.24, 2.45) is 0 Å². The minimum absolute atomic E-state index is 0.249. The molecule has 1 N–H and O–H groups in total. The van der Waals surface area contributed by atoms with E-state index in [2.05, 4.69) is 12.7 Å². The second kappa shape index (κ2) is 13.3. The molecule has 0 aliphatic rings. The van der Waals surface area contributed by atoms with E-state index >= 15 is 0 Å². The molecule has 0 aliphatic carbocycles. The Bertz CT molecular complexity index is 291. The molecule has 0 saturated carbocycles. The average molecular weight is 270 g/mol. The Morgan fingerprint density at radius 3 is 2.68 bits per heavy atom. The Hall–Kier alpha value is -1.09. The number of rotatable bonds is 12. The van der Waals surface area contributed by atoms with Crippen molar-refractivity contribution in [3.8, 4) is 0 Å². The normalized spacial score (nSPS) is 10.0. The van der Waals surface area contributed by atoms with Gasteiger partial charge in [-0.2, -0.15) is 0 Å². The predicted octanol–water partition coefficient (Wildman–Crippen LogP) is 3.52. The first-order valence-corrected chi connectivity index (χ1v) is 6.96. The van der Waals surface area contributed by atoms with Crippen LogP contribution in [0.25, 0.3) is 0 Å². The standard InChI is InChI=1S/C15H26O4/c1-3-4-5-6-7-8-10-14(15(16)17)11-9-12-19-13-18-2/h8H,3-7,9,11-13H2,1-2H3,(H,16,17). The molecule has 110 valence electrons. The van der Waals surface area contributed by atoms with Crippen molar-refractivity contribution in [3.05, 3.63) is 17.4 Å². The Balaban J connectivity index is 3.94. The highest BCUT2D eigenvalue weighted by Gasteiger charge is 2.05. The van der Waals surface area contributed by atoms with Crippen LogP contribution < -0.4 is 0 Å². The largest absolute Gasteiger partial charge is 0.477 e. The van der Waals surface area contributed by atoms with Crippen molar-refractivity contribution in [1.82, 2.24) is 0 Å². The van der Waals surface area contributed by atoms with Gasteiger partial charge in [0, 0.05) is 13.7 Å². The Morgan fingerprint density at radius 1 is 1.26 bits per heavy atom. The van der Waals surface area contributed by atoms with Crippen LogP contribution in [-0.4, -0.2) is 31.6 Å². The van der Waals surface area contributed by atoms with Crippen molar-refractivity contribution >= 4 is 5.97 Å². The highest BCUT2D eigenvalue weighted by molar-refractivity contribution is 5.86. The van der Waals surface area contributed by atoms with Gasteiger partial charge >= 0.3 is 5.97 Å². The SMILES string of the molecule is CCCCCCC=C=C(CCCOCOC)C(=O)O. The van der Waals surface area contributed by atoms with Crippen molar-refractivity contribution in [1.29, 1.82) is 0 Å². The van der Waals surface area contributed by atoms with Gasteiger partial charge in [0.25, 0.3) is 0 Å². The summed E-state index contributed by atoms with van der Waals surface area (Å²) in [5, 5.41) is 9.03. The second-order valence-corrected chi connectivity index (χ2v) is 4.40. The number of ether oxygens (including phenoxy) is 2. The molecule has 0 radical (unpaired) electrons. The van der Waals surface area contributed by atoms with E-state index < -0.39 is 5.97 Å². The first-order chi connectivity index (χ1) is 9.22. The smallest absolute Gasteiger partial charge is 0.339 e. The lowest BCUT2D eigenvalue weighted by atomic mass is 10.1. The van der Waals surface area contributed by atoms with E-state index in [1.54, 1.807) is 7.11 Å². The maximum absolute atomic E-state index is 11.0. The van der Waals surface area contributed by atoms with Crippen LogP contribution in [0.2, 0.25) is 0 Å². The van der Waals surface area contributed by atoms with Crippen molar-refractivity contribution in [3.63, 3.8) is 0 Å². The van der Waals surface area contributed by atoms with Crippen LogP contribution in [0.15, 0.2) is 17.4 Å². The summed E-state index contributed by atoms with van der Waals surface area (Å²) in [7, 11) is 1.56. The molecule has 0 saturated heterocycles. The fourth-order valence-electron chi connectivity index (χ4n) is 1.60. The number of hydrogen-bond donors (Lipinski definition) is 1. The number of carbonyl (C=O) groups is 1. The molecule has 0 aromatic heterocycles. The van der Waals surface area contributed by atoms with E-state index in [9.17, 15) is 4.79 Å². The van der Waals surface area contributed by atoms with Crippen molar-refractivity contribution in [2.45, 2.75) is 51.9 Å². The first-order valence-electron chi connectivity index (χ1n) is 6.96. The van der Waals surface area contributed by atoms with Crippen molar-refractivity contribution in [2.75, 3.05) is 20.5 Å². The van der Waals surface area contributed by atoms with E-state index in [1.807, 2.05) is 6.08 Å². The first kappa shape index (κ1) is 17.9.